The summed E-state index contributed by atoms with van der Waals surface area (Å²) in [6.45, 7) is 0. The molecule has 0 aliphatic carbocycles. The molecule has 0 aliphatic heterocycles. The minimum Gasteiger partial charge on any atom is -0.330 e. The average molecular weight is 374 g/mol. The Labute approximate surface area is 132 Å². The molecule has 2 nitrogen and oxygen atoms in total. The van der Waals surface area contributed by atoms with Crippen LogP contribution in [0, 0.1) is 0 Å². The molecule has 0 atom stereocenters. The van der Waals surface area contributed by atoms with E-state index < -0.39 is 0 Å². The molecule has 0 spiro atoms. The van der Waals surface area contributed by atoms with Gasteiger partial charge in [-0.15, -0.1) is 0 Å². The fourth-order valence-corrected chi connectivity index (χ4v) is 3.53. The van der Waals surface area contributed by atoms with Crippen molar-refractivity contribution >= 4 is 71.5 Å². The monoisotopic (exact) mass is 372 g/mol. The van der Waals surface area contributed by atoms with Crippen molar-refractivity contribution in [2.45, 2.75) is 0 Å². The van der Waals surface area contributed by atoms with E-state index in [1.54, 1.807) is 11.3 Å². The van der Waals surface area contributed by atoms with Crippen LogP contribution < -0.4 is 5.32 Å². The largest absolute Gasteiger partial charge is 0.330 e. The van der Waals surface area contributed by atoms with Crippen LogP contribution in [0.2, 0.25) is 10.0 Å². The standard InChI is InChI=1S/C13H7BrCl2N2S/c14-7-1-3-10(9(16)5-7)17-13-18-11-4-2-8(15)6-12(11)19-13/h1-6H,(H,17,18). The van der Waals surface area contributed by atoms with Gasteiger partial charge in [-0.3, -0.25) is 0 Å². The summed E-state index contributed by atoms with van der Waals surface area (Å²) in [6.07, 6.45) is 0. The van der Waals surface area contributed by atoms with Crippen molar-refractivity contribution in [2.75, 3.05) is 5.32 Å². The number of anilines is 2. The molecule has 0 amide bonds. The van der Waals surface area contributed by atoms with Gasteiger partial charge in [-0.25, -0.2) is 4.98 Å². The summed E-state index contributed by atoms with van der Waals surface area (Å²) in [5.41, 5.74) is 1.75. The molecule has 0 radical (unpaired) electrons. The molecule has 1 N–H and O–H groups in total. The summed E-state index contributed by atoms with van der Waals surface area (Å²) in [7, 11) is 0. The van der Waals surface area contributed by atoms with E-state index >= 15 is 0 Å². The number of hydrogen-bond donors (Lipinski definition) is 1. The molecule has 0 saturated heterocycles. The highest BCUT2D eigenvalue weighted by Crippen LogP contribution is 2.33. The van der Waals surface area contributed by atoms with Crippen LogP contribution in [0.3, 0.4) is 0 Å². The number of hydrogen-bond acceptors (Lipinski definition) is 3. The van der Waals surface area contributed by atoms with Gasteiger partial charge >= 0.3 is 0 Å². The third-order valence-corrected chi connectivity index (χ3v) is 4.50. The molecule has 0 unspecified atom stereocenters. The third-order valence-electron chi connectivity index (χ3n) is 2.52. The van der Waals surface area contributed by atoms with Crippen LogP contribution in [0.25, 0.3) is 10.2 Å². The second-order valence-electron chi connectivity index (χ2n) is 3.88. The highest BCUT2D eigenvalue weighted by atomic mass is 79.9. The number of nitrogens with one attached hydrogen (secondary N) is 1. The smallest absolute Gasteiger partial charge is 0.188 e. The van der Waals surface area contributed by atoms with Gasteiger partial charge in [0.2, 0.25) is 0 Å². The minimum absolute atomic E-state index is 0.645. The van der Waals surface area contributed by atoms with E-state index in [1.165, 1.54) is 0 Å². The first-order valence-corrected chi connectivity index (χ1v) is 7.76. The number of rotatable bonds is 2. The SMILES string of the molecule is Clc1ccc2nc(Nc3ccc(Br)cc3Cl)sc2c1. The molecule has 3 aromatic rings. The lowest BCUT2D eigenvalue weighted by Crippen LogP contribution is -1.89. The number of fused-ring (bicyclic) bond motifs is 1. The van der Waals surface area contributed by atoms with Crippen LogP contribution in [-0.2, 0) is 0 Å². The number of benzene rings is 2. The first-order chi connectivity index (χ1) is 9.11. The average Bonchev–Trinajstić information content (AvgIpc) is 2.74. The molecule has 96 valence electrons. The van der Waals surface area contributed by atoms with Gasteiger partial charge < -0.3 is 5.32 Å². The van der Waals surface area contributed by atoms with Crippen molar-refractivity contribution in [1.82, 2.24) is 4.98 Å². The maximum absolute atomic E-state index is 6.17. The maximum Gasteiger partial charge on any atom is 0.188 e. The molecule has 2 aromatic carbocycles. The first kappa shape index (κ1) is 13.2. The van der Waals surface area contributed by atoms with Crippen molar-refractivity contribution in [3.05, 3.63) is 50.9 Å². The van der Waals surface area contributed by atoms with E-state index in [0.717, 1.165) is 25.5 Å². The Morgan fingerprint density at radius 2 is 1.95 bits per heavy atom. The first-order valence-electron chi connectivity index (χ1n) is 5.40. The van der Waals surface area contributed by atoms with Crippen LogP contribution in [0.5, 0.6) is 0 Å². The van der Waals surface area contributed by atoms with Crippen LogP contribution in [-0.4, -0.2) is 4.98 Å². The highest BCUT2D eigenvalue weighted by Gasteiger charge is 2.07. The van der Waals surface area contributed by atoms with E-state index in [2.05, 4.69) is 26.2 Å². The zero-order valence-corrected chi connectivity index (χ0v) is 13.4. The highest BCUT2D eigenvalue weighted by molar-refractivity contribution is 9.10. The minimum atomic E-state index is 0.645. The fourth-order valence-electron chi connectivity index (χ4n) is 1.66. The molecule has 0 aliphatic rings. The maximum atomic E-state index is 6.17. The topological polar surface area (TPSA) is 24.9 Å². The molecular formula is C13H7BrCl2N2S. The van der Waals surface area contributed by atoms with E-state index in [9.17, 15) is 0 Å². The van der Waals surface area contributed by atoms with Gasteiger partial charge in [0.25, 0.3) is 0 Å². The fraction of sp³-hybridized carbons (Fsp3) is 0. The lowest BCUT2D eigenvalue weighted by molar-refractivity contribution is 1.44. The van der Waals surface area contributed by atoms with Gasteiger partial charge in [0.15, 0.2) is 5.13 Å². The molecule has 3 rings (SSSR count). The Kier molecular flexibility index (Phi) is 3.67. The number of halogens is 3. The van der Waals surface area contributed by atoms with Crippen molar-refractivity contribution in [3.63, 3.8) is 0 Å². The number of aromatic nitrogens is 1. The zero-order valence-electron chi connectivity index (χ0n) is 9.45. The summed E-state index contributed by atoms with van der Waals surface area (Å²) in [4.78, 5) is 4.49. The van der Waals surface area contributed by atoms with Crippen LogP contribution in [0.4, 0.5) is 10.8 Å². The van der Waals surface area contributed by atoms with Crippen molar-refractivity contribution in [1.29, 1.82) is 0 Å². The number of nitrogens with zero attached hydrogens (tertiary/aromatic N) is 1. The molecule has 1 heterocycles. The van der Waals surface area contributed by atoms with Crippen molar-refractivity contribution < 1.29 is 0 Å². The molecule has 0 bridgehead atoms. The Morgan fingerprint density at radius 1 is 1.11 bits per heavy atom. The van der Waals surface area contributed by atoms with E-state index in [4.69, 9.17) is 23.2 Å². The van der Waals surface area contributed by atoms with Crippen molar-refractivity contribution in [3.8, 4) is 0 Å². The van der Waals surface area contributed by atoms with Gasteiger partial charge in [-0.2, -0.15) is 0 Å². The van der Waals surface area contributed by atoms with Gasteiger partial charge in [0.1, 0.15) is 0 Å². The van der Waals surface area contributed by atoms with Gasteiger partial charge in [0.05, 0.1) is 20.9 Å². The van der Waals surface area contributed by atoms with Gasteiger partial charge in [-0.05, 0) is 36.4 Å². The molecule has 1 aromatic heterocycles. The molecule has 0 fully saturated rings. The van der Waals surface area contributed by atoms with Gasteiger partial charge in [0, 0.05) is 9.50 Å². The summed E-state index contributed by atoms with van der Waals surface area (Å²) < 4.78 is 1.99. The second kappa shape index (κ2) is 5.29. The lowest BCUT2D eigenvalue weighted by Gasteiger charge is -2.04. The molecule has 19 heavy (non-hydrogen) atoms. The Balaban J connectivity index is 1.96. The Bertz CT molecular complexity index is 757. The summed E-state index contributed by atoms with van der Waals surface area (Å²) >= 11 is 17.0. The summed E-state index contributed by atoms with van der Waals surface area (Å²) in [6, 6.07) is 11.3. The van der Waals surface area contributed by atoms with E-state index in [-0.39, 0.29) is 0 Å². The molecular weight excluding hydrogens is 367 g/mol. The molecule has 6 heteroatoms. The Morgan fingerprint density at radius 3 is 2.74 bits per heavy atom. The molecule has 0 saturated carbocycles. The quantitative estimate of drug-likeness (QED) is 0.586. The third kappa shape index (κ3) is 2.87. The van der Waals surface area contributed by atoms with E-state index in [0.29, 0.717) is 10.0 Å². The number of thiazole rings is 1. The van der Waals surface area contributed by atoms with Crippen LogP contribution in [0.15, 0.2) is 40.9 Å². The predicted octanol–water partition coefficient (Wildman–Crippen LogP) is 6.11. The predicted molar refractivity (Wildman–Crippen MR) is 87.1 cm³/mol. The van der Waals surface area contributed by atoms with Crippen LogP contribution >= 0.6 is 50.5 Å². The van der Waals surface area contributed by atoms with E-state index in [1.807, 2.05) is 36.4 Å². The summed E-state index contributed by atoms with van der Waals surface area (Å²) in [5, 5.41) is 5.37. The summed E-state index contributed by atoms with van der Waals surface area (Å²) in [5.74, 6) is 0. The zero-order chi connectivity index (χ0) is 13.4. The second-order valence-corrected chi connectivity index (χ2v) is 6.67. The van der Waals surface area contributed by atoms with Crippen LogP contribution in [0.1, 0.15) is 0 Å². The Hall–Kier alpha value is -0.810. The lowest BCUT2D eigenvalue weighted by atomic mass is 10.3. The van der Waals surface area contributed by atoms with Crippen molar-refractivity contribution in [2.24, 2.45) is 0 Å². The van der Waals surface area contributed by atoms with Gasteiger partial charge in [-0.1, -0.05) is 50.5 Å². The normalized spacial score (nSPS) is 10.9.